The number of ether oxygens (including phenoxy) is 3. The van der Waals surface area contributed by atoms with Gasteiger partial charge in [0, 0.05) is 35.7 Å². The normalized spacial score (nSPS) is 10.7. The minimum atomic E-state index is -0.402. The van der Waals surface area contributed by atoms with E-state index < -0.39 is 5.82 Å². The summed E-state index contributed by atoms with van der Waals surface area (Å²) >= 11 is 7.76. The van der Waals surface area contributed by atoms with Gasteiger partial charge >= 0.3 is 0 Å². The van der Waals surface area contributed by atoms with Crippen molar-refractivity contribution in [2.24, 2.45) is 0 Å². The molecule has 0 unspecified atom stereocenters. The molecule has 4 nitrogen and oxygen atoms in total. The maximum Gasteiger partial charge on any atom is 0.131 e. The van der Waals surface area contributed by atoms with Gasteiger partial charge in [-0.05, 0) is 23.6 Å². The molecule has 0 aliphatic carbocycles. The fourth-order valence-corrected chi connectivity index (χ4v) is 3.66. The van der Waals surface area contributed by atoms with Gasteiger partial charge in [0.15, 0.2) is 0 Å². The summed E-state index contributed by atoms with van der Waals surface area (Å²) in [6.45, 7) is 1.34. The lowest BCUT2D eigenvalue weighted by Gasteiger charge is -2.17. The highest BCUT2D eigenvalue weighted by Gasteiger charge is 2.15. The molecule has 0 amide bonds. The molecule has 0 aliphatic rings. The van der Waals surface area contributed by atoms with E-state index in [0.717, 1.165) is 12.1 Å². The van der Waals surface area contributed by atoms with Gasteiger partial charge in [-0.2, -0.15) is 0 Å². The molecule has 0 fully saturated rings. The van der Waals surface area contributed by atoms with E-state index in [1.54, 1.807) is 49.8 Å². The topological polar surface area (TPSA) is 39.7 Å². The average molecular weight is 422 g/mol. The van der Waals surface area contributed by atoms with E-state index in [1.165, 1.54) is 10.9 Å². The summed E-state index contributed by atoms with van der Waals surface area (Å²) in [5.41, 5.74) is 1.20. The van der Waals surface area contributed by atoms with Crippen LogP contribution >= 0.6 is 22.9 Å². The van der Waals surface area contributed by atoms with E-state index in [4.69, 9.17) is 25.8 Å². The van der Waals surface area contributed by atoms with Crippen LogP contribution in [0.15, 0.2) is 47.8 Å². The third kappa shape index (κ3) is 4.95. The minimum absolute atomic E-state index is 0.00773. The molecule has 0 atom stereocenters. The van der Waals surface area contributed by atoms with Crippen LogP contribution in [0.3, 0.4) is 0 Å². The van der Waals surface area contributed by atoms with Gasteiger partial charge in [-0.25, -0.2) is 4.39 Å². The zero-order valence-corrected chi connectivity index (χ0v) is 17.2. The first-order chi connectivity index (χ1) is 13.6. The van der Waals surface area contributed by atoms with Gasteiger partial charge in [-0.3, -0.25) is 0 Å². The summed E-state index contributed by atoms with van der Waals surface area (Å²) < 4.78 is 30.7. The maximum atomic E-state index is 13.9. The zero-order valence-electron chi connectivity index (χ0n) is 15.6. The van der Waals surface area contributed by atoms with Gasteiger partial charge < -0.3 is 19.5 Å². The number of methoxy groups -OCH3 is 2. The Kier molecular flexibility index (Phi) is 7.14. The molecule has 1 heterocycles. The van der Waals surface area contributed by atoms with Crippen LogP contribution < -0.4 is 19.5 Å². The second kappa shape index (κ2) is 9.78. The van der Waals surface area contributed by atoms with Gasteiger partial charge in [0.2, 0.25) is 0 Å². The second-order valence-electron chi connectivity index (χ2n) is 5.98. The summed E-state index contributed by atoms with van der Waals surface area (Å²) in [5.74, 6) is 1.37. The van der Waals surface area contributed by atoms with Crippen LogP contribution in [-0.4, -0.2) is 14.2 Å². The van der Waals surface area contributed by atoms with Crippen LogP contribution in [0, 0.1) is 5.82 Å². The second-order valence-corrected chi connectivity index (χ2v) is 7.42. The molecule has 3 rings (SSSR count). The summed E-state index contributed by atoms with van der Waals surface area (Å²) in [6.07, 6.45) is 0. The Morgan fingerprint density at radius 3 is 2.36 bits per heavy atom. The van der Waals surface area contributed by atoms with E-state index >= 15 is 0 Å². The van der Waals surface area contributed by atoms with E-state index in [9.17, 15) is 4.39 Å². The van der Waals surface area contributed by atoms with Crippen molar-refractivity contribution < 1.29 is 18.6 Å². The number of thiophene rings is 1. The van der Waals surface area contributed by atoms with Crippen molar-refractivity contribution in [1.29, 1.82) is 0 Å². The predicted molar refractivity (Wildman–Crippen MR) is 110 cm³/mol. The number of hydrogen-bond donors (Lipinski definition) is 1. The highest BCUT2D eigenvalue weighted by Crippen LogP contribution is 2.35. The lowest BCUT2D eigenvalue weighted by molar-refractivity contribution is 0.294. The minimum Gasteiger partial charge on any atom is -0.496 e. The molecule has 0 aliphatic heterocycles. The Morgan fingerprint density at radius 2 is 1.75 bits per heavy atom. The number of nitrogens with one attached hydrogen (secondary N) is 1. The van der Waals surface area contributed by atoms with Crippen LogP contribution in [0.1, 0.15) is 16.0 Å². The highest BCUT2D eigenvalue weighted by molar-refractivity contribution is 7.09. The smallest absolute Gasteiger partial charge is 0.131 e. The molecule has 3 aromatic rings. The maximum absolute atomic E-state index is 13.9. The third-order valence-electron chi connectivity index (χ3n) is 4.21. The SMILES string of the molecule is COc1cc(OCc2c(F)cccc2Cl)cc(OC)c1CNCc1cccs1. The van der Waals surface area contributed by atoms with E-state index in [-0.39, 0.29) is 6.61 Å². The number of halogens is 2. The van der Waals surface area contributed by atoms with Crippen molar-refractivity contribution in [3.63, 3.8) is 0 Å². The first kappa shape index (κ1) is 20.5. The van der Waals surface area contributed by atoms with Crippen molar-refractivity contribution >= 4 is 22.9 Å². The largest absolute Gasteiger partial charge is 0.496 e. The van der Waals surface area contributed by atoms with Gasteiger partial charge in [-0.1, -0.05) is 23.7 Å². The standard InChI is InChI=1S/C21H21ClFNO3S/c1-25-20-9-14(27-13-17-18(22)6-3-7-19(17)23)10-21(26-2)16(20)12-24-11-15-5-4-8-28-15/h3-10,24H,11-13H2,1-2H3. The molecule has 28 heavy (non-hydrogen) atoms. The van der Waals surface area contributed by atoms with Crippen LogP contribution in [-0.2, 0) is 19.7 Å². The van der Waals surface area contributed by atoms with Crippen molar-refractivity contribution in [1.82, 2.24) is 5.32 Å². The molecule has 0 bridgehead atoms. The average Bonchev–Trinajstić information content (AvgIpc) is 3.21. The van der Waals surface area contributed by atoms with Gasteiger partial charge in [0.1, 0.15) is 29.7 Å². The molecule has 7 heteroatoms. The Morgan fingerprint density at radius 1 is 1.00 bits per heavy atom. The van der Waals surface area contributed by atoms with Crippen LogP contribution in [0.4, 0.5) is 4.39 Å². The lowest BCUT2D eigenvalue weighted by Crippen LogP contribution is -2.13. The molecule has 1 N–H and O–H groups in total. The monoisotopic (exact) mass is 421 g/mol. The van der Waals surface area contributed by atoms with E-state index in [2.05, 4.69) is 11.4 Å². The zero-order chi connectivity index (χ0) is 19.9. The fraction of sp³-hybridized carbons (Fsp3) is 0.238. The van der Waals surface area contributed by atoms with E-state index in [1.807, 2.05) is 11.4 Å². The molecule has 0 spiro atoms. The molecule has 0 radical (unpaired) electrons. The summed E-state index contributed by atoms with van der Waals surface area (Å²) in [5, 5.41) is 5.76. The molecular weight excluding hydrogens is 401 g/mol. The molecule has 148 valence electrons. The molecule has 0 saturated heterocycles. The predicted octanol–water partition coefficient (Wildman–Crippen LogP) is 5.43. The van der Waals surface area contributed by atoms with Gasteiger partial charge in [-0.15, -0.1) is 11.3 Å². The number of rotatable bonds is 9. The van der Waals surface area contributed by atoms with Crippen molar-refractivity contribution in [2.45, 2.75) is 19.7 Å². The van der Waals surface area contributed by atoms with Gasteiger partial charge in [0.25, 0.3) is 0 Å². The highest BCUT2D eigenvalue weighted by atomic mass is 35.5. The van der Waals surface area contributed by atoms with Crippen molar-refractivity contribution in [3.8, 4) is 17.2 Å². The summed E-state index contributed by atoms with van der Waals surface area (Å²) in [7, 11) is 3.18. The number of benzene rings is 2. The van der Waals surface area contributed by atoms with Crippen LogP contribution in [0.5, 0.6) is 17.2 Å². The Labute approximate surface area is 172 Å². The van der Waals surface area contributed by atoms with E-state index in [0.29, 0.717) is 34.4 Å². The first-order valence-corrected chi connectivity index (χ1v) is 9.91. The fourth-order valence-electron chi connectivity index (χ4n) is 2.77. The molecule has 0 saturated carbocycles. The summed E-state index contributed by atoms with van der Waals surface area (Å²) in [6, 6.07) is 12.2. The Bertz CT molecular complexity index is 873. The number of hydrogen-bond acceptors (Lipinski definition) is 5. The molecule has 1 aromatic heterocycles. The third-order valence-corrected chi connectivity index (χ3v) is 5.44. The van der Waals surface area contributed by atoms with Crippen molar-refractivity contribution in [3.05, 3.63) is 74.7 Å². The Balaban J connectivity index is 1.74. The van der Waals surface area contributed by atoms with Crippen LogP contribution in [0.25, 0.3) is 0 Å². The lowest BCUT2D eigenvalue weighted by atomic mass is 10.1. The molecular formula is C21H21ClFNO3S. The quantitative estimate of drug-likeness (QED) is 0.500. The van der Waals surface area contributed by atoms with Gasteiger partial charge in [0.05, 0.1) is 24.8 Å². The first-order valence-electron chi connectivity index (χ1n) is 8.66. The molecule has 2 aromatic carbocycles. The van der Waals surface area contributed by atoms with Crippen molar-refractivity contribution in [2.75, 3.05) is 14.2 Å². The Hall–Kier alpha value is -2.28. The van der Waals surface area contributed by atoms with Crippen LogP contribution in [0.2, 0.25) is 5.02 Å². The summed E-state index contributed by atoms with van der Waals surface area (Å²) in [4.78, 5) is 1.25.